The predicted octanol–water partition coefficient (Wildman–Crippen LogP) is 0.619. The number of nitrogens with zero attached hydrogens (tertiary/aromatic N) is 1. The minimum Gasteiger partial charge on any atom is -0.392 e. The van der Waals surface area contributed by atoms with Gasteiger partial charge in [-0.15, -0.1) is 0 Å². The Kier molecular flexibility index (Phi) is 3.69. The van der Waals surface area contributed by atoms with Crippen molar-refractivity contribution in [3.05, 3.63) is 0 Å². The fourth-order valence-electron chi connectivity index (χ4n) is 1.67. The van der Waals surface area contributed by atoms with Crippen LogP contribution in [0.1, 0.15) is 12.8 Å². The molecule has 1 fully saturated rings. The third kappa shape index (κ3) is 2.65. The van der Waals surface area contributed by atoms with E-state index in [0.29, 0.717) is 11.7 Å². The van der Waals surface area contributed by atoms with E-state index in [1.54, 1.807) is 0 Å². The molecule has 1 heterocycles. The van der Waals surface area contributed by atoms with Crippen molar-refractivity contribution in [2.24, 2.45) is 5.92 Å². The first-order chi connectivity index (χ1) is 5.24. The van der Waals surface area contributed by atoms with Crippen LogP contribution >= 0.6 is 12.6 Å². The molecular weight excluding hydrogens is 158 g/mol. The van der Waals surface area contributed by atoms with Gasteiger partial charge in [-0.3, -0.25) is 0 Å². The fourth-order valence-corrected chi connectivity index (χ4v) is 1.97. The lowest BCUT2D eigenvalue weighted by Crippen LogP contribution is -2.38. The Balaban J connectivity index is 2.33. The van der Waals surface area contributed by atoms with Gasteiger partial charge in [0.2, 0.25) is 0 Å². The molecule has 1 saturated heterocycles. The third-order valence-corrected chi connectivity index (χ3v) is 2.77. The van der Waals surface area contributed by atoms with Crippen molar-refractivity contribution in [2.75, 3.05) is 25.9 Å². The lowest BCUT2D eigenvalue weighted by atomic mass is 9.94. The number of piperidine rings is 1. The van der Waals surface area contributed by atoms with Crippen molar-refractivity contribution >= 4 is 12.6 Å². The van der Waals surface area contributed by atoms with E-state index in [1.165, 1.54) is 13.0 Å². The van der Waals surface area contributed by atoms with Gasteiger partial charge in [0, 0.05) is 12.3 Å². The number of aliphatic hydroxyl groups is 1. The van der Waals surface area contributed by atoms with Crippen LogP contribution in [-0.4, -0.2) is 42.0 Å². The van der Waals surface area contributed by atoms with E-state index in [-0.39, 0.29) is 6.10 Å². The smallest absolute Gasteiger partial charge is 0.0668 e. The molecule has 2 nitrogen and oxygen atoms in total. The summed E-state index contributed by atoms with van der Waals surface area (Å²) in [6, 6.07) is 0. The highest BCUT2D eigenvalue weighted by Gasteiger charge is 2.22. The number of aliphatic hydroxyl groups excluding tert-OH is 1. The van der Waals surface area contributed by atoms with Gasteiger partial charge in [0.15, 0.2) is 0 Å². The van der Waals surface area contributed by atoms with Gasteiger partial charge in [-0.1, -0.05) is 0 Å². The Bertz CT molecular complexity index is 121. The quantitative estimate of drug-likeness (QED) is 0.601. The normalized spacial score (nSPS) is 30.3. The topological polar surface area (TPSA) is 23.5 Å². The van der Waals surface area contributed by atoms with E-state index in [9.17, 15) is 5.11 Å². The lowest BCUT2D eigenvalue weighted by molar-refractivity contribution is 0.0762. The van der Waals surface area contributed by atoms with Crippen LogP contribution in [0, 0.1) is 5.92 Å². The molecule has 3 heteroatoms. The molecule has 66 valence electrons. The van der Waals surface area contributed by atoms with Crippen molar-refractivity contribution in [1.82, 2.24) is 4.90 Å². The maximum atomic E-state index is 9.50. The van der Waals surface area contributed by atoms with Gasteiger partial charge in [0.1, 0.15) is 0 Å². The largest absolute Gasteiger partial charge is 0.392 e. The first-order valence-corrected chi connectivity index (χ1v) is 4.84. The highest BCUT2D eigenvalue weighted by molar-refractivity contribution is 7.80. The van der Waals surface area contributed by atoms with Crippen LogP contribution in [-0.2, 0) is 0 Å². The minimum atomic E-state index is -0.207. The van der Waals surface area contributed by atoms with Crippen molar-refractivity contribution in [2.45, 2.75) is 18.9 Å². The Morgan fingerprint density at radius 2 is 2.45 bits per heavy atom. The van der Waals surface area contributed by atoms with Crippen LogP contribution in [0.4, 0.5) is 0 Å². The van der Waals surface area contributed by atoms with E-state index in [2.05, 4.69) is 24.6 Å². The summed E-state index contributed by atoms with van der Waals surface area (Å²) in [5.41, 5.74) is 0. The zero-order valence-corrected chi connectivity index (χ0v) is 7.93. The zero-order chi connectivity index (χ0) is 8.27. The van der Waals surface area contributed by atoms with Gasteiger partial charge in [-0.05, 0) is 32.4 Å². The molecule has 0 radical (unpaired) electrons. The van der Waals surface area contributed by atoms with Crippen LogP contribution < -0.4 is 0 Å². The van der Waals surface area contributed by atoms with E-state index in [0.717, 1.165) is 13.0 Å². The monoisotopic (exact) mass is 175 g/mol. The maximum absolute atomic E-state index is 9.50. The summed E-state index contributed by atoms with van der Waals surface area (Å²) in [6.45, 7) is 2.21. The Hall–Kier alpha value is 0.270. The van der Waals surface area contributed by atoms with Crippen LogP contribution in [0.3, 0.4) is 0 Å². The summed E-state index contributed by atoms with van der Waals surface area (Å²) in [4.78, 5) is 2.28. The molecule has 1 N–H and O–H groups in total. The molecule has 2 atom stereocenters. The zero-order valence-electron chi connectivity index (χ0n) is 7.03. The van der Waals surface area contributed by atoms with Gasteiger partial charge in [0.25, 0.3) is 0 Å². The van der Waals surface area contributed by atoms with Gasteiger partial charge in [0.05, 0.1) is 6.10 Å². The summed E-state index contributed by atoms with van der Waals surface area (Å²) in [5.74, 6) is 1.05. The average molecular weight is 175 g/mol. The molecule has 0 bridgehead atoms. The number of rotatable bonds is 2. The molecule has 0 aromatic heterocycles. The third-order valence-electron chi connectivity index (χ3n) is 2.39. The molecule has 0 saturated carbocycles. The SMILES string of the molecule is CN1CCCC(C(O)CS)C1. The van der Waals surface area contributed by atoms with Crippen molar-refractivity contribution in [3.8, 4) is 0 Å². The van der Waals surface area contributed by atoms with Crippen molar-refractivity contribution < 1.29 is 5.11 Å². The molecule has 1 aliphatic heterocycles. The highest BCUT2D eigenvalue weighted by atomic mass is 32.1. The molecule has 2 unspecified atom stereocenters. The maximum Gasteiger partial charge on any atom is 0.0668 e. The summed E-state index contributed by atoms with van der Waals surface area (Å²) in [7, 11) is 2.11. The standard InChI is InChI=1S/C8H17NOS/c1-9-4-2-3-7(5-9)8(10)6-11/h7-8,10-11H,2-6H2,1H3. The Morgan fingerprint density at radius 3 is 3.00 bits per heavy atom. The number of likely N-dealkylation sites (tertiary alicyclic amines) is 1. The molecule has 11 heavy (non-hydrogen) atoms. The summed E-state index contributed by atoms with van der Waals surface area (Å²) in [5, 5.41) is 9.50. The average Bonchev–Trinajstić information content (AvgIpc) is 2.03. The molecule has 1 aliphatic rings. The van der Waals surface area contributed by atoms with Gasteiger partial charge < -0.3 is 10.0 Å². The molecule has 0 spiro atoms. The van der Waals surface area contributed by atoms with E-state index in [4.69, 9.17) is 0 Å². The molecular formula is C8H17NOS. The van der Waals surface area contributed by atoms with Crippen LogP contribution in [0.5, 0.6) is 0 Å². The predicted molar refractivity (Wildman–Crippen MR) is 50.1 cm³/mol. The highest BCUT2D eigenvalue weighted by Crippen LogP contribution is 2.18. The van der Waals surface area contributed by atoms with E-state index < -0.39 is 0 Å². The van der Waals surface area contributed by atoms with Gasteiger partial charge in [-0.2, -0.15) is 12.6 Å². The Labute approximate surface area is 74.0 Å². The van der Waals surface area contributed by atoms with Crippen molar-refractivity contribution in [3.63, 3.8) is 0 Å². The molecule has 0 amide bonds. The first-order valence-electron chi connectivity index (χ1n) is 4.21. The Morgan fingerprint density at radius 1 is 1.73 bits per heavy atom. The van der Waals surface area contributed by atoms with Crippen LogP contribution in [0.2, 0.25) is 0 Å². The summed E-state index contributed by atoms with van der Waals surface area (Å²) >= 11 is 4.09. The first kappa shape index (κ1) is 9.36. The number of hydrogen-bond donors (Lipinski definition) is 2. The fraction of sp³-hybridized carbons (Fsp3) is 1.00. The van der Waals surface area contributed by atoms with Crippen molar-refractivity contribution in [1.29, 1.82) is 0 Å². The molecule has 0 aromatic carbocycles. The second-order valence-corrected chi connectivity index (χ2v) is 3.78. The second-order valence-electron chi connectivity index (χ2n) is 3.41. The lowest BCUT2D eigenvalue weighted by Gasteiger charge is -2.32. The van der Waals surface area contributed by atoms with E-state index >= 15 is 0 Å². The number of hydrogen-bond acceptors (Lipinski definition) is 3. The second kappa shape index (κ2) is 4.33. The van der Waals surface area contributed by atoms with Gasteiger partial charge >= 0.3 is 0 Å². The molecule has 0 aromatic rings. The summed E-state index contributed by atoms with van der Waals surface area (Å²) in [6.07, 6.45) is 2.17. The van der Waals surface area contributed by atoms with E-state index in [1.807, 2.05) is 0 Å². The molecule has 0 aliphatic carbocycles. The van der Waals surface area contributed by atoms with Crippen LogP contribution in [0.25, 0.3) is 0 Å². The number of thiol groups is 1. The minimum absolute atomic E-state index is 0.207. The van der Waals surface area contributed by atoms with Crippen LogP contribution in [0.15, 0.2) is 0 Å². The molecule has 1 rings (SSSR count). The summed E-state index contributed by atoms with van der Waals surface area (Å²) < 4.78 is 0. The van der Waals surface area contributed by atoms with Gasteiger partial charge in [-0.25, -0.2) is 0 Å².